The number of carboxylic acids is 1. The standard InChI is InChI=1S/C10H18O7Si/c1-5-6-17-9(11)7-8(10(12)13)18(14-2,15-3)16-4/h7H,5-6H2,1-4H3,(H,12,13). The van der Waals surface area contributed by atoms with Crippen LogP contribution in [-0.2, 0) is 27.6 Å². The van der Waals surface area contributed by atoms with Gasteiger partial charge in [-0.25, -0.2) is 9.59 Å². The van der Waals surface area contributed by atoms with Crippen molar-refractivity contribution >= 4 is 20.7 Å². The quantitative estimate of drug-likeness (QED) is 0.389. The maximum atomic E-state index is 11.4. The van der Waals surface area contributed by atoms with E-state index in [-0.39, 0.29) is 11.8 Å². The van der Waals surface area contributed by atoms with Crippen molar-refractivity contribution < 1.29 is 32.7 Å². The van der Waals surface area contributed by atoms with E-state index in [0.717, 1.165) is 6.08 Å². The van der Waals surface area contributed by atoms with Crippen LogP contribution in [0, 0.1) is 0 Å². The van der Waals surface area contributed by atoms with Gasteiger partial charge in [0.05, 0.1) is 6.61 Å². The third kappa shape index (κ3) is 4.22. The van der Waals surface area contributed by atoms with Gasteiger partial charge in [-0.05, 0) is 6.42 Å². The Bertz CT molecular complexity index is 314. The van der Waals surface area contributed by atoms with Gasteiger partial charge in [0.2, 0.25) is 0 Å². The molecule has 0 aliphatic heterocycles. The van der Waals surface area contributed by atoms with Gasteiger partial charge in [0, 0.05) is 27.4 Å². The lowest BCUT2D eigenvalue weighted by Crippen LogP contribution is -2.48. The van der Waals surface area contributed by atoms with Crippen LogP contribution in [0.4, 0.5) is 0 Å². The van der Waals surface area contributed by atoms with Crippen LogP contribution in [0.2, 0.25) is 0 Å². The third-order valence-electron chi connectivity index (χ3n) is 2.08. The summed E-state index contributed by atoms with van der Waals surface area (Å²) in [7, 11) is 0.221. The van der Waals surface area contributed by atoms with Gasteiger partial charge in [-0.15, -0.1) is 0 Å². The maximum absolute atomic E-state index is 11.4. The molecule has 0 aromatic heterocycles. The molecule has 7 nitrogen and oxygen atoms in total. The molecule has 0 aliphatic carbocycles. The zero-order chi connectivity index (χ0) is 14.2. The van der Waals surface area contributed by atoms with Crippen molar-refractivity contribution in [2.75, 3.05) is 27.9 Å². The Balaban J connectivity index is 5.22. The second kappa shape index (κ2) is 7.98. The van der Waals surface area contributed by atoms with Crippen molar-refractivity contribution in [3.8, 4) is 0 Å². The molecule has 1 N–H and O–H groups in total. The number of carboxylic acid groups (broad SMARTS) is 1. The van der Waals surface area contributed by atoms with Crippen molar-refractivity contribution in [1.29, 1.82) is 0 Å². The first-order valence-electron chi connectivity index (χ1n) is 5.25. The number of esters is 1. The van der Waals surface area contributed by atoms with Crippen LogP contribution >= 0.6 is 0 Å². The van der Waals surface area contributed by atoms with Crippen LogP contribution in [0.1, 0.15) is 13.3 Å². The molecule has 0 spiro atoms. The van der Waals surface area contributed by atoms with E-state index >= 15 is 0 Å². The van der Waals surface area contributed by atoms with E-state index in [4.69, 9.17) is 23.1 Å². The Hall–Kier alpha value is -1.22. The van der Waals surface area contributed by atoms with E-state index in [1.165, 1.54) is 21.3 Å². The number of aliphatic carboxylic acids is 1. The minimum atomic E-state index is -3.55. The Morgan fingerprint density at radius 3 is 2.00 bits per heavy atom. The number of carbonyl (C=O) groups is 2. The van der Waals surface area contributed by atoms with Crippen LogP contribution in [0.15, 0.2) is 11.3 Å². The molecule has 0 rings (SSSR count). The fourth-order valence-electron chi connectivity index (χ4n) is 1.22. The van der Waals surface area contributed by atoms with Gasteiger partial charge in [0.1, 0.15) is 5.20 Å². The van der Waals surface area contributed by atoms with Gasteiger partial charge in [-0.2, -0.15) is 0 Å². The highest BCUT2D eigenvalue weighted by Gasteiger charge is 2.47. The van der Waals surface area contributed by atoms with E-state index in [2.05, 4.69) is 0 Å². The topological polar surface area (TPSA) is 91.3 Å². The number of hydrogen-bond donors (Lipinski definition) is 1. The van der Waals surface area contributed by atoms with Gasteiger partial charge < -0.3 is 23.1 Å². The summed E-state index contributed by atoms with van der Waals surface area (Å²) in [6.45, 7) is 2.04. The predicted molar refractivity (Wildman–Crippen MR) is 63.7 cm³/mol. The van der Waals surface area contributed by atoms with Gasteiger partial charge in [0.15, 0.2) is 0 Å². The average molecular weight is 278 g/mol. The lowest BCUT2D eigenvalue weighted by molar-refractivity contribution is -0.139. The summed E-state index contributed by atoms with van der Waals surface area (Å²) in [5.41, 5.74) is 0. The summed E-state index contributed by atoms with van der Waals surface area (Å²) in [5, 5.41) is 8.73. The lowest BCUT2D eigenvalue weighted by atomic mass is 10.5. The van der Waals surface area contributed by atoms with Crippen molar-refractivity contribution in [2.24, 2.45) is 0 Å². The molecule has 0 unspecified atom stereocenters. The summed E-state index contributed by atoms with van der Waals surface area (Å²) in [4.78, 5) is 22.6. The van der Waals surface area contributed by atoms with E-state index in [9.17, 15) is 9.59 Å². The molecular weight excluding hydrogens is 260 g/mol. The van der Waals surface area contributed by atoms with Crippen molar-refractivity contribution in [1.82, 2.24) is 0 Å². The Morgan fingerprint density at radius 1 is 1.17 bits per heavy atom. The van der Waals surface area contributed by atoms with E-state index in [0.29, 0.717) is 6.42 Å². The zero-order valence-electron chi connectivity index (χ0n) is 10.9. The molecule has 0 aliphatic rings. The monoisotopic (exact) mass is 278 g/mol. The average Bonchev–Trinajstić information content (AvgIpc) is 2.37. The molecule has 0 saturated heterocycles. The second-order valence-electron chi connectivity index (χ2n) is 3.20. The first-order valence-corrected chi connectivity index (χ1v) is 6.97. The molecule has 8 heteroatoms. The molecule has 0 saturated carbocycles. The van der Waals surface area contributed by atoms with Crippen molar-refractivity contribution in [3.63, 3.8) is 0 Å². The van der Waals surface area contributed by atoms with E-state index in [1.54, 1.807) is 0 Å². The predicted octanol–water partition coefficient (Wildman–Crippen LogP) is 0.368. The van der Waals surface area contributed by atoms with Gasteiger partial charge in [0.25, 0.3) is 0 Å². The molecule has 0 radical (unpaired) electrons. The first kappa shape index (κ1) is 16.8. The number of hydrogen-bond acceptors (Lipinski definition) is 6. The van der Waals surface area contributed by atoms with Gasteiger partial charge in [-0.3, -0.25) is 0 Å². The fraction of sp³-hybridized carbons (Fsp3) is 0.600. The molecule has 18 heavy (non-hydrogen) atoms. The van der Waals surface area contributed by atoms with Crippen LogP contribution in [0.3, 0.4) is 0 Å². The van der Waals surface area contributed by atoms with Crippen molar-refractivity contribution in [2.45, 2.75) is 13.3 Å². The Morgan fingerprint density at radius 2 is 1.67 bits per heavy atom. The van der Waals surface area contributed by atoms with Crippen LogP contribution < -0.4 is 0 Å². The fourth-order valence-corrected chi connectivity index (χ4v) is 2.94. The third-order valence-corrected chi connectivity index (χ3v) is 4.71. The summed E-state index contributed by atoms with van der Waals surface area (Å²) < 4.78 is 19.8. The molecule has 0 atom stereocenters. The van der Waals surface area contributed by atoms with Crippen LogP contribution in [0.25, 0.3) is 0 Å². The van der Waals surface area contributed by atoms with Gasteiger partial charge >= 0.3 is 20.7 Å². The number of carbonyl (C=O) groups excluding carboxylic acids is 1. The maximum Gasteiger partial charge on any atom is 0.544 e. The molecule has 0 fully saturated rings. The highest BCUT2D eigenvalue weighted by atomic mass is 28.4. The number of ether oxygens (including phenoxy) is 1. The molecular formula is C10H18O7Si. The van der Waals surface area contributed by atoms with E-state index < -0.39 is 20.7 Å². The van der Waals surface area contributed by atoms with E-state index in [1.807, 2.05) is 6.92 Å². The normalized spacial score (nSPS) is 12.3. The Kier molecular flexibility index (Phi) is 7.44. The zero-order valence-corrected chi connectivity index (χ0v) is 11.9. The number of rotatable bonds is 8. The SMILES string of the molecule is CCCOC(=O)C=C(C(=O)O)[Si](OC)(OC)OC. The van der Waals surface area contributed by atoms with Gasteiger partial charge in [-0.1, -0.05) is 6.92 Å². The second-order valence-corrected chi connectivity index (χ2v) is 6.08. The highest BCUT2D eigenvalue weighted by molar-refractivity contribution is 6.74. The largest absolute Gasteiger partial charge is 0.544 e. The van der Waals surface area contributed by atoms with Crippen LogP contribution in [0.5, 0.6) is 0 Å². The summed E-state index contributed by atoms with van der Waals surface area (Å²) in [6, 6.07) is 0. The smallest absolute Gasteiger partial charge is 0.478 e. The minimum absolute atomic E-state index is 0.212. The molecule has 0 bridgehead atoms. The minimum Gasteiger partial charge on any atom is -0.478 e. The van der Waals surface area contributed by atoms with Crippen LogP contribution in [-0.4, -0.2) is 53.8 Å². The summed E-state index contributed by atoms with van der Waals surface area (Å²) >= 11 is 0. The first-order chi connectivity index (χ1) is 8.47. The molecule has 0 aromatic rings. The molecule has 0 amide bonds. The Labute approximate surface area is 107 Å². The lowest BCUT2D eigenvalue weighted by Gasteiger charge is -2.24. The molecule has 0 heterocycles. The summed E-state index contributed by atoms with van der Waals surface area (Å²) in [5.74, 6) is -2.11. The molecule has 104 valence electrons. The van der Waals surface area contributed by atoms with Crippen molar-refractivity contribution in [3.05, 3.63) is 11.3 Å². The summed E-state index contributed by atoms with van der Waals surface area (Å²) in [6.07, 6.45) is 1.48. The highest BCUT2D eigenvalue weighted by Crippen LogP contribution is 2.18. The molecule has 0 aromatic carbocycles.